The normalized spacial score (nSPS) is 22.4. The number of ketones is 1. The summed E-state index contributed by atoms with van der Waals surface area (Å²) in [4.78, 5) is 26.5. The lowest BCUT2D eigenvalue weighted by Gasteiger charge is -2.34. The van der Waals surface area contributed by atoms with Crippen LogP contribution < -0.4 is 5.32 Å². The fourth-order valence-corrected chi connectivity index (χ4v) is 4.46. The van der Waals surface area contributed by atoms with E-state index in [0.29, 0.717) is 19.3 Å². The number of Topliss-reactive ketones (excluding diaryl/α,β-unsaturated/α-hetero) is 1. The summed E-state index contributed by atoms with van der Waals surface area (Å²) in [6.07, 6.45) is 3.30. The van der Waals surface area contributed by atoms with Crippen LogP contribution in [0.1, 0.15) is 42.2 Å². The molecule has 0 radical (unpaired) electrons. The van der Waals surface area contributed by atoms with E-state index in [1.807, 2.05) is 30.5 Å². The Morgan fingerprint density at radius 3 is 2.26 bits per heavy atom. The summed E-state index contributed by atoms with van der Waals surface area (Å²) in [6.45, 7) is 0. The first-order valence-corrected chi connectivity index (χ1v) is 10.2. The standard InChI is InChI=1S/C22H20FNO2S/c1-27-17-8-4-14(5-9-17)18-12-21(26)24-19-10-15(11-20(25)22(18)19)13-2-6-16(23)7-3-13/h2-9,15,18H,10-12H2,1H3,(H,24,26)/t15-,18+/m0/s1. The number of amides is 1. The molecule has 27 heavy (non-hydrogen) atoms. The molecular formula is C22H20FNO2S. The number of thioether (sulfide) groups is 1. The van der Waals surface area contributed by atoms with Gasteiger partial charge in [0, 0.05) is 34.9 Å². The molecule has 2 aliphatic rings. The van der Waals surface area contributed by atoms with Crippen LogP contribution >= 0.6 is 11.8 Å². The van der Waals surface area contributed by atoms with Crippen molar-refractivity contribution in [3.63, 3.8) is 0 Å². The van der Waals surface area contributed by atoms with Gasteiger partial charge in [-0.3, -0.25) is 9.59 Å². The van der Waals surface area contributed by atoms with Crippen LogP contribution in [0.2, 0.25) is 0 Å². The lowest BCUT2D eigenvalue weighted by Crippen LogP contribution is -2.38. The summed E-state index contributed by atoms with van der Waals surface area (Å²) in [5.41, 5.74) is 3.40. The molecule has 2 aromatic carbocycles. The first-order valence-electron chi connectivity index (χ1n) is 9.00. The van der Waals surface area contributed by atoms with Gasteiger partial charge >= 0.3 is 0 Å². The van der Waals surface area contributed by atoms with E-state index in [9.17, 15) is 14.0 Å². The average Bonchev–Trinajstić information content (AvgIpc) is 2.67. The van der Waals surface area contributed by atoms with Gasteiger partial charge in [0.1, 0.15) is 5.82 Å². The lowest BCUT2D eigenvalue weighted by atomic mass is 9.73. The largest absolute Gasteiger partial charge is 0.329 e. The summed E-state index contributed by atoms with van der Waals surface area (Å²) in [6, 6.07) is 14.4. The van der Waals surface area contributed by atoms with E-state index in [1.54, 1.807) is 23.9 Å². The van der Waals surface area contributed by atoms with Gasteiger partial charge in [0.15, 0.2) is 5.78 Å². The van der Waals surface area contributed by atoms with Crippen molar-refractivity contribution in [1.82, 2.24) is 5.32 Å². The molecule has 1 amide bonds. The summed E-state index contributed by atoms with van der Waals surface area (Å²) in [5, 5.41) is 2.92. The molecule has 138 valence electrons. The Morgan fingerprint density at radius 2 is 1.59 bits per heavy atom. The highest BCUT2D eigenvalue weighted by Crippen LogP contribution is 2.42. The molecule has 0 bridgehead atoms. The third-order valence-electron chi connectivity index (χ3n) is 5.40. The monoisotopic (exact) mass is 381 g/mol. The number of hydrogen-bond donors (Lipinski definition) is 1. The van der Waals surface area contributed by atoms with E-state index in [2.05, 4.69) is 5.32 Å². The van der Waals surface area contributed by atoms with Gasteiger partial charge in [-0.1, -0.05) is 24.3 Å². The van der Waals surface area contributed by atoms with Crippen LogP contribution in [0.4, 0.5) is 4.39 Å². The lowest BCUT2D eigenvalue weighted by molar-refractivity contribution is -0.122. The molecule has 1 aliphatic heterocycles. The van der Waals surface area contributed by atoms with Crippen molar-refractivity contribution in [3.8, 4) is 0 Å². The van der Waals surface area contributed by atoms with E-state index in [0.717, 1.165) is 27.3 Å². The Kier molecular flexibility index (Phi) is 4.87. The molecule has 4 rings (SSSR count). The maximum absolute atomic E-state index is 13.2. The predicted octanol–water partition coefficient (Wildman–Crippen LogP) is 4.55. The van der Waals surface area contributed by atoms with Gasteiger partial charge < -0.3 is 5.32 Å². The minimum atomic E-state index is -0.291. The van der Waals surface area contributed by atoms with Crippen LogP contribution in [0.3, 0.4) is 0 Å². The molecule has 0 saturated carbocycles. The molecule has 1 N–H and O–H groups in total. The molecule has 2 aromatic rings. The summed E-state index contributed by atoms with van der Waals surface area (Å²) < 4.78 is 13.2. The second-order valence-electron chi connectivity index (χ2n) is 7.05. The zero-order valence-corrected chi connectivity index (χ0v) is 15.8. The van der Waals surface area contributed by atoms with Crippen LogP contribution in [0.5, 0.6) is 0 Å². The van der Waals surface area contributed by atoms with Crippen LogP contribution in [0.15, 0.2) is 64.7 Å². The van der Waals surface area contributed by atoms with Gasteiger partial charge in [0.2, 0.25) is 5.91 Å². The van der Waals surface area contributed by atoms with Crippen molar-refractivity contribution >= 4 is 23.5 Å². The van der Waals surface area contributed by atoms with Crippen molar-refractivity contribution < 1.29 is 14.0 Å². The van der Waals surface area contributed by atoms with E-state index in [-0.39, 0.29) is 29.3 Å². The second-order valence-corrected chi connectivity index (χ2v) is 7.93. The highest BCUT2D eigenvalue weighted by Gasteiger charge is 2.38. The molecule has 3 nitrogen and oxygen atoms in total. The maximum atomic E-state index is 13.2. The average molecular weight is 381 g/mol. The highest BCUT2D eigenvalue weighted by atomic mass is 32.2. The number of allylic oxidation sites excluding steroid dienone is 2. The molecule has 2 atom stereocenters. The first-order chi connectivity index (χ1) is 13.0. The van der Waals surface area contributed by atoms with Crippen LogP contribution in [-0.2, 0) is 9.59 Å². The fourth-order valence-electron chi connectivity index (χ4n) is 4.05. The highest BCUT2D eigenvalue weighted by molar-refractivity contribution is 7.98. The quantitative estimate of drug-likeness (QED) is 0.794. The molecule has 5 heteroatoms. The molecule has 0 unspecified atom stereocenters. The number of halogens is 1. The smallest absolute Gasteiger partial charge is 0.225 e. The van der Waals surface area contributed by atoms with E-state index in [1.165, 1.54) is 12.1 Å². The Morgan fingerprint density at radius 1 is 0.926 bits per heavy atom. The predicted molar refractivity (Wildman–Crippen MR) is 104 cm³/mol. The molecule has 0 saturated heterocycles. The topological polar surface area (TPSA) is 46.2 Å². The molecule has 1 aliphatic carbocycles. The van der Waals surface area contributed by atoms with E-state index < -0.39 is 0 Å². The number of carbonyl (C=O) groups excluding carboxylic acids is 2. The first kappa shape index (κ1) is 18.0. The zero-order chi connectivity index (χ0) is 19.0. The van der Waals surface area contributed by atoms with Crippen LogP contribution in [-0.4, -0.2) is 17.9 Å². The summed E-state index contributed by atoms with van der Waals surface area (Å²) in [5.74, 6) is -0.494. The second kappa shape index (κ2) is 7.31. The number of benzene rings is 2. The number of carbonyl (C=O) groups is 2. The summed E-state index contributed by atoms with van der Waals surface area (Å²) in [7, 11) is 0. The van der Waals surface area contributed by atoms with Crippen molar-refractivity contribution in [2.24, 2.45) is 0 Å². The van der Waals surface area contributed by atoms with Gasteiger partial charge in [-0.2, -0.15) is 0 Å². The van der Waals surface area contributed by atoms with Gasteiger partial charge in [0.05, 0.1) is 0 Å². The minimum absolute atomic E-state index is 0.0326. The number of hydrogen-bond acceptors (Lipinski definition) is 3. The number of rotatable bonds is 3. The fraction of sp³-hybridized carbons (Fsp3) is 0.273. The number of nitrogens with one attached hydrogen (secondary N) is 1. The zero-order valence-electron chi connectivity index (χ0n) is 15.0. The van der Waals surface area contributed by atoms with Crippen molar-refractivity contribution in [1.29, 1.82) is 0 Å². The third-order valence-corrected chi connectivity index (χ3v) is 6.14. The Bertz CT molecular complexity index is 918. The van der Waals surface area contributed by atoms with E-state index >= 15 is 0 Å². The Labute approximate surface area is 162 Å². The third kappa shape index (κ3) is 3.56. The SMILES string of the molecule is CSc1ccc([C@H]2CC(=O)NC3=C2C(=O)C[C@@H](c2ccc(F)cc2)C3)cc1. The Balaban J connectivity index is 1.68. The molecule has 1 heterocycles. The van der Waals surface area contributed by atoms with Crippen LogP contribution in [0.25, 0.3) is 0 Å². The maximum Gasteiger partial charge on any atom is 0.225 e. The molecule has 0 fully saturated rings. The van der Waals surface area contributed by atoms with Crippen molar-refractivity contribution in [2.45, 2.75) is 36.0 Å². The van der Waals surface area contributed by atoms with Gasteiger partial charge in [0.25, 0.3) is 0 Å². The van der Waals surface area contributed by atoms with Gasteiger partial charge in [-0.15, -0.1) is 11.8 Å². The van der Waals surface area contributed by atoms with Crippen molar-refractivity contribution in [2.75, 3.05) is 6.26 Å². The minimum Gasteiger partial charge on any atom is -0.329 e. The van der Waals surface area contributed by atoms with E-state index in [4.69, 9.17) is 0 Å². The van der Waals surface area contributed by atoms with Crippen LogP contribution in [0, 0.1) is 5.82 Å². The van der Waals surface area contributed by atoms with Gasteiger partial charge in [-0.25, -0.2) is 4.39 Å². The van der Waals surface area contributed by atoms with Crippen molar-refractivity contribution in [3.05, 3.63) is 76.7 Å². The van der Waals surface area contributed by atoms with Gasteiger partial charge in [-0.05, 0) is 54.0 Å². The molecule has 0 aromatic heterocycles. The molecule has 0 spiro atoms. The summed E-state index contributed by atoms with van der Waals surface area (Å²) >= 11 is 1.66. The Hall–Kier alpha value is -2.40. The molecular weight excluding hydrogens is 361 g/mol.